The van der Waals surface area contributed by atoms with E-state index in [1.165, 1.54) is 18.2 Å². The minimum atomic E-state index is -0.310. The molecule has 0 bridgehead atoms. The number of carbonyl (C=O) groups is 1. The smallest absolute Gasteiger partial charge is 0.240 e. The fourth-order valence-electron chi connectivity index (χ4n) is 4.51. The molecular formula is C23H25N5OS. The Balaban J connectivity index is 1.49. The standard InChI is InChI=1S/C23H25N5OS/c1-16-9-8-12-18(15-16)24-21(29)19-23(13-6-3-7-14-23)27-28-20(25-26-22(28)30-19)17-10-4-2-5-11-17/h2,4-5,8-12,15,19,27H,3,6-7,13-14H2,1H3,(H,24,29)/t19-/m1/s1. The van der Waals surface area contributed by atoms with Crippen molar-refractivity contribution in [2.75, 3.05) is 10.7 Å². The van der Waals surface area contributed by atoms with Crippen molar-refractivity contribution in [3.05, 3.63) is 60.2 Å². The average molecular weight is 420 g/mol. The van der Waals surface area contributed by atoms with Crippen LogP contribution in [0.5, 0.6) is 0 Å². The summed E-state index contributed by atoms with van der Waals surface area (Å²) in [5, 5.41) is 12.4. The number of amides is 1. The number of thioether (sulfide) groups is 1. The van der Waals surface area contributed by atoms with Crippen molar-refractivity contribution in [2.24, 2.45) is 0 Å². The summed E-state index contributed by atoms with van der Waals surface area (Å²) in [6.45, 7) is 2.03. The molecule has 2 heterocycles. The molecule has 0 saturated heterocycles. The Hall–Kier alpha value is -2.80. The van der Waals surface area contributed by atoms with Crippen molar-refractivity contribution >= 4 is 23.4 Å². The van der Waals surface area contributed by atoms with Gasteiger partial charge in [0.15, 0.2) is 5.82 Å². The molecular weight excluding hydrogens is 394 g/mol. The zero-order valence-corrected chi connectivity index (χ0v) is 17.8. The first kappa shape index (κ1) is 19.2. The van der Waals surface area contributed by atoms with Crippen LogP contribution in [0, 0.1) is 6.92 Å². The fourth-order valence-corrected chi connectivity index (χ4v) is 5.73. The van der Waals surface area contributed by atoms with Crippen molar-refractivity contribution in [1.29, 1.82) is 0 Å². The lowest BCUT2D eigenvalue weighted by Gasteiger charge is -2.46. The van der Waals surface area contributed by atoms with Gasteiger partial charge in [-0.2, -0.15) is 0 Å². The molecule has 1 atom stereocenters. The van der Waals surface area contributed by atoms with Gasteiger partial charge in [0, 0.05) is 11.3 Å². The van der Waals surface area contributed by atoms with Crippen LogP contribution in [-0.4, -0.2) is 31.6 Å². The lowest BCUT2D eigenvalue weighted by atomic mass is 9.79. The molecule has 2 N–H and O–H groups in total. The zero-order valence-electron chi connectivity index (χ0n) is 17.0. The number of aromatic nitrogens is 3. The highest BCUT2D eigenvalue weighted by atomic mass is 32.2. The van der Waals surface area contributed by atoms with E-state index in [-0.39, 0.29) is 16.7 Å². The number of fused-ring (bicyclic) bond motifs is 1. The van der Waals surface area contributed by atoms with Crippen LogP contribution in [0.1, 0.15) is 37.7 Å². The number of anilines is 1. The molecule has 6 nitrogen and oxygen atoms in total. The van der Waals surface area contributed by atoms with Crippen molar-refractivity contribution in [3.8, 4) is 11.4 Å². The molecule has 2 aromatic carbocycles. The third-order valence-corrected chi connectivity index (χ3v) is 7.37. The van der Waals surface area contributed by atoms with E-state index in [1.807, 2.05) is 66.2 Å². The van der Waals surface area contributed by atoms with Crippen molar-refractivity contribution in [3.63, 3.8) is 0 Å². The molecule has 2 aliphatic rings. The van der Waals surface area contributed by atoms with Gasteiger partial charge < -0.3 is 10.7 Å². The maximum Gasteiger partial charge on any atom is 0.240 e. The van der Waals surface area contributed by atoms with Gasteiger partial charge >= 0.3 is 0 Å². The van der Waals surface area contributed by atoms with Crippen LogP contribution in [0.4, 0.5) is 5.69 Å². The van der Waals surface area contributed by atoms with Gasteiger partial charge in [0.2, 0.25) is 11.1 Å². The number of rotatable bonds is 3. The van der Waals surface area contributed by atoms with Gasteiger partial charge in [-0.1, -0.05) is 73.5 Å². The van der Waals surface area contributed by atoms with E-state index in [4.69, 9.17) is 0 Å². The van der Waals surface area contributed by atoms with E-state index in [0.29, 0.717) is 0 Å². The number of nitrogens with zero attached hydrogens (tertiary/aromatic N) is 3. The van der Waals surface area contributed by atoms with Gasteiger partial charge in [0.25, 0.3) is 0 Å². The lowest BCUT2D eigenvalue weighted by molar-refractivity contribution is -0.117. The van der Waals surface area contributed by atoms with Crippen LogP contribution < -0.4 is 10.7 Å². The Kier molecular flexibility index (Phi) is 4.98. The third-order valence-electron chi connectivity index (χ3n) is 5.99. The number of benzene rings is 2. The van der Waals surface area contributed by atoms with Crippen molar-refractivity contribution in [2.45, 2.75) is 55.0 Å². The minimum absolute atomic E-state index is 0.0236. The highest BCUT2D eigenvalue weighted by Crippen LogP contribution is 2.44. The first-order chi connectivity index (χ1) is 14.6. The second-order valence-corrected chi connectivity index (χ2v) is 9.27. The summed E-state index contributed by atoms with van der Waals surface area (Å²) in [6.07, 6.45) is 5.34. The van der Waals surface area contributed by atoms with Crippen molar-refractivity contribution in [1.82, 2.24) is 14.9 Å². The summed E-state index contributed by atoms with van der Waals surface area (Å²) in [7, 11) is 0. The molecule has 1 amide bonds. The molecule has 1 fully saturated rings. The van der Waals surface area contributed by atoms with E-state index >= 15 is 0 Å². The predicted octanol–water partition coefficient (Wildman–Crippen LogP) is 4.61. The number of nitrogens with one attached hydrogen (secondary N) is 2. The highest BCUT2D eigenvalue weighted by Gasteiger charge is 2.49. The van der Waals surface area contributed by atoms with E-state index in [1.54, 1.807) is 0 Å². The topological polar surface area (TPSA) is 71.8 Å². The second-order valence-electron chi connectivity index (χ2n) is 8.19. The summed E-state index contributed by atoms with van der Waals surface area (Å²) in [5.41, 5.74) is 6.36. The highest BCUT2D eigenvalue weighted by molar-refractivity contribution is 8.00. The molecule has 30 heavy (non-hydrogen) atoms. The summed E-state index contributed by atoms with van der Waals surface area (Å²) >= 11 is 1.52. The second kappa shape index (κ2) is 7.80. The molecule has 0 radical (unpaired) electrons. The zero-order chi connectivity index (χ0) is 20.6. The Bertz CT molecular complexity index is 1060. The maximum absolute atomic E-state index is 13.4. The quantitative estimate of drug-likeness (QED) is 0.648. The van der Waals surface area contributed by atoms with Crippen LogP contribution in [-0.2, 0) is 4.79 Å². The van der Waals surface area contributed by atoms with Crippen LogP contribution in [0.15, 0.2) is 59.8 Å². The SMILES string of the molecule is Cc1cccc(NC(=O)[C@H]2Sc3nnc(-c4ccccc4)n3NC23CCCCC3)c1. The lowest BCUT2D eigenvalue weighted by Crippen LogP contribution is -2.59. The van der Waals surface area contributed by atoms with Crippen LogP contribution in [0.2, 0.25) is 0 Å². The largest absolute Gasteiger partial charge is 0.325 e. The molecule has 5 rings (SSSR count). The predicted molar refractivity (Wildman–Crippen MR) is 120 cm³/mol. The van der Waals surface area contributed by atoms with Crippen LogP contribution >= 0.6 is 11.8 Å². The Labute approximate surface area is 180 Å². The minimum Gasteiger partial charge on any atom is -0.325 e. The first-order valence-corrected chi connectivity index (χ1v) is 11.4. The first-order valence-electron chi connectivity index (χ1n) is 10.5. The Morgan fingerprint density at radius 1 is 1.10 bits per heavy atom. The van der Waals surface area contributed by atoms with Crippen molar-refractivity contribution < 1.29 is 4.79 Å². The molecule has 1 saturated carbocycles. The molecule has 1 aliphatic carbocycles. The van der Waals surface area contributed by atoms with E-state index in [2.05, 4.69) is 20.9 Å². The van der Waals surface area contributed by atoms with Gasteiger partial charge in [-0.25, -0.2) is 4.68 Å². The van der Waals surface area contributed by atoms with E-state index < -0.39 is 0 Å². The van der Waals surface area contributed by atoms with Gasteiger partial charge in [0.1, 0.15) is 5.25 Å². The Morgan fingerprint density at radius 3 is 2.67 bits per heavy atom. The van der Waals surface area contributed by atoms with Crippen LogP contribution in [0.25, 0.3) is 11.4 Å². The fraction of sp³-hybridized carbons (Fsp3) is 0.348. The summed E-state index contributed by atoms with van der Waals surface area (Å²) in [4.78, 5) is 13.4. The summed E-state index contributed by atoms with van der Waals surface area (Å²) < 4.78 is 1.99. The molecule has 1 aromatic heterocycles. The summed E-state index contributed by atoms with van der Waals surface area (Å²) in [5.74, 6) is 0.816. The Morgan fingerprint density at radius 2 is 1.90 bits per heavy atom. The molecule has 0 unspecified atom stereocenters. The average Bonchev–Trinajstić information content (AvgIpc) is 3.16. The number of hydrogen-bond acceptors (Lipinski definition) is 5. The normalized spacial score (nSPS) is 19.7. The van der Waals surface area contributed by atoms with Gasteiger partial charge in [-0.15, -0.1) is 10.2 Å². The van der Waals surface area contributed by atoms with E-state index in [9.17, 15) is 4.79 Å². The monoisotopic (exact) mass is 419 g/mol. The number of carbonyl (C=O) groups excluding carboxylic acids is 1. The number of hydrogen-bond donors (Lipinski definition) is 2. The summed E-state index contributed by atoms with van der Waals surface area (Å²) in [6, 6.07) is 18.0. The molecule has 154 valence electrons. The third kappa shape index (κ3) is 3.47. The van der Waals surface area contributed by atoms with E-state index in [0.717, 1.165) is 53.5 Å². The molecule has 3 aromatic rings. The van der Waals surface area contributed by atoms with Gasteiger partial charge in [0.05, 0.1) is 5.54 Å². The molecule has 1 spiro atoms. The van der Waals surface area contributed by atoms with Crippen LogP contribution in [0.3, 0.4) is 0 Å². The van der Waals surface area contributed by atoms with Gasteiger partial charge in [-0.3, -0.25) is 4.79 Å². The number of aryl methyl sites for hydroxylation is 1. The molecule has 1 aliphatic heterocycles. The van der Waals surface area contributed by atoms with Gasteiger partial charge in [-0.05, 0) is 37.5 Å². The molecule has 7 heteroatoms. The maximum atomic E-state index is 13.4.